The van der Waals surface area contributed by atoms with E-state index in [-0.39, 0.29) is 24.4 Å². The Bertz CT molecular complexity index is 538. The minimum absolute atomic E-state index is 0. The Kier molecular flexibility index (Phi) is 5.42. The summed E-state index contributed by atoms with van der Waals surface area (Å²) in [5.74, 6) is 0.987. The van der Waals surface area contributed by atoms with Crippen LogP contribution in [-0.2, 0) is 0 Å². The molecule has 1 amide bonds. The zero-order chi connectivity index (χ0) is 14.3. The van der Waals surface area contributed by atoms with Gasteiger partial charge in [0.15, 0.2) is 0 Å². The largest absolute Gasteiger partial charge is 0.338 e. The highest BCUT2D eigenvalue weighted by Crippen LogP contribution is 2.36. The number of hydrogen-bond donors (Lipinski definition) is 1. The van der Waals surface area contributed by atoms with Crippen molar-refractivity contribution in [2.75, 3.05) is 13.1 Å². The Morgan fingerprint density at radius 1 is 1.24 bits per heavy atom. The molecule has 1 aliphatic heterocycles. The fraction of sp³-hybridized carbons (Fsp3) is 0.533. The van der Waals surface area contributed by atoms with Crippen molar-refractivity contribution < 1.29 is 4.79 Å². The van der Waals surface area contributed by atoms with Crippen molar-refractivity contribution in [2.24, 2.45) is 17.6 Å². The highest BCUT2D eigenvalue weighted by Gasteiger charge is 2.40. The van der Waals surface area contributed by atoms with Gasteiger partial charge in [-0.05, 0) is 42.9 Å². The maximum absolute atomic E-state index is 12.6. The number of fused-ring (bicyclic) bond motifs is 1. The number of halogens is 3. The average molecular weight is 350 g/mol. The Morgan fingerprint density at radius 2 is 2.00 bits per heavy atom. The molecule has 116 valence electrons. The van der Waals surface area contributed by atoms with Crippen LogP contribution in [-0.4, -0.2) is 29.9 Å². The van der Waals surface area contributed by atoms with Gasteiger partial charge in [-0.3, -0.25) is 4.79 Å². The topological polar surface area (TPSA) is 46.3 Å². The fourth-order valence-corrected chi connectivity index (χ4v) is 4.01. The lowest BCUT2D eigenvalue weighted by Gasteiger charge is -2.29. The molecule has 2 fully saturated rings. The second-order valence-corrected chi connectivity index (χ2v) is 6.70. The molecule has 3 rings (SSSR count). The number of benzene rings is 1. The number of likely N-dealkylation sites (tertiary alicyclic amines) is 1. The molecule has 1 saturated carbocycles. The zero-order valence-corrected chi connectivity index (χ0v) is 13.9. The molecule has 3 nitrogen and oxygen atoms in total. The van der Waals surface area contributed by atoms with Crippen molar-refractivity contribution >= 4 is 41.5 Å². The summed E-state index contributed by atoms with van der Waals surface area (Å²) in [5.41, 5.74) is 6.72. The molecule has 0 aromatic heterocycles. The van der Waals surface area contributed by atoms with Gasteiger partial charge in [-0.25, -0.2) is 0 Å². The first kappa shape index (κ1) is 16.9. The average Bonchev–Trinajstić information content (AvgIpc) is 2.83. The standard InChI is InChI=1S/C15H18Cl2N2O.ClH/c16-10-4-5-11(13(17)6-10)15(20)19-7-9-2-1-3-14(18)12(9)8-19;/h4-6,9,12,14H,1-3,7-8,18H2;1H. The summed E-state index contributed by atoms with van der Waals surface area (Å²) in [6.07, 6.45) is 3.42. The molecule has 6 heteroatoms. The first-order valence-electron chi connectivity index (χ1n) is 7.06. The van der Waals surface area contributed by atoms with E-state index in [1.54, 1.807) is 18.2 Å². The molecule has 1 heterocycles. The first-order chi connectivity index (χ1) is 9.56. The van der Waals surface area contributed by atoms with E-state index < -0.39 is 0 Å². The van der Waals surface area contributed by atoms with E-state index >= 15 is 0 Å². The van der Waals surface area contributed by atoms with Gasteiger partial charge in [0.1, 0.15) is 0 Å². The maximum atomic E-state index is 12.6. The number of nitrogens with zero attached hydrogens (tertiary/aromatic N) is 1. The quantitative estimate of drug-likeness (QED) is 0.842. The zero-order valence-electron chi connectivity index (χ0n) is 11.6. The third-order valence-corrected chi connectivity index (χ3v) is 5.15. The minimum atomic E-state index is -0.00623. The Morgan fingerprint density at radius 3 is 2.67 bits per heavy atom. The number of carbonyl (C=O) groups is 1. The number of hydrogen-bond acceptors (Lipinski definition) is 2. The predicted molar refractivity (Wildman–Crippen MR) is 88.4 cm³/mol. The van der Waals surface area contributed by atoms with Gasteiger partial charge in [-0.15, -0.1) is 12.4 Å². The van der Waals surface area contributed by atoms with Crippen LogP contribution in [0.2, 0.25) is 10.0 Å². The molecule has 0 radical (unpaired) electrons. The summed E-state index contributed by atoms with van der Waals surface area (Å²) in [7, 11) is 0. The monoisotopic (exact) mass is 348 g/mol. The van der Waals surface area contributed by atoms with Gasteiger partial charge >= 0.3 is 0 Å². The number of amides is 1. The van der Waals surface area contributed by atoms with E-state index in [9.17, 15) is 4.79 Å². The van der Waals surface area contributed by atoms with E-state index in [1.807, 2.05) is 4.90 Å². The van der Waals surface area contributed by atoms with Gasteiger partial charge in [0.2, 0.25) is 0 Å². The SMILES string of the molecule is Cl.NC1CCCC2CN(C(=O)c3ccc(Cl)cc3Cl)CC12. The van der Waals surface area contributed by atoms with Gasteiger partial charge in [0.25, 0.3) is 5.91 Å². The number of carbonyl (C=O) groups excluding carboxylic acids is 1. The molecule has 1 aromatic carbocycles. The molecule has 3 atom stereocenters. The van der Waals surface area contributed by atoms with Crippen LogP contribution in [0.15, 0.2) is 18.2 Å². The highest BCUT2D eigenvalue weighted by atomic mass is 35.5. The van der Waals surface area contributed by atoms with E-state index in [2.05, 4.69) is 0 Å². The molecule has 2 N–H and O–H groups in total. The second-order valence-electron chi connectivity index (χ2n) is 5.85. The van der Waals surface area contributed by atoms with Gasteiger partial charge < -0.3 is 10.6 Å². The van der Waals surface area contributed by atoms with Gasteiger partial charge in [0, 0.05) is 24.2 Å². The van der Waals surface area contributed by atoms with Crippen molar-refractivity contribution in [2.45, 2.75) is 25.3 Å². The predicted octanol–water partition coefficient (Wildman–Crippen LogP) is 3.61. The van der Waals surface area contributed by atoms with Crippen molar-refractivity contribution in [1.29, 1.82) is 0 Å². The van der Waals surface area contributed by atoms with E-state index in [1.165, 1.54) is 12.8 Å². The van der Waals surface area contributed by atoms with Crippen LogP contribution in [0.25, 0.3) is 0 Å². The van der Waals surface area contributed by atoms with Gasteiger partial charge in [-0.2, -0.15) is 0 Å². The lowest BCUT2D eigenvalue weighted by Crippen LogP contribution is -2.38. The number of rotatable bonds is 1. The molecular formula is C15H19Cl3N2O. The summed E-state index contributed by atoms with van der Waals surface area (Å²) >= 11 is 12.0. The Labute approximate surface area is 141 Å². The molecule has 21 heavy (non-hydrogen) atoms. The third-order valence-electron chi connectivity index (χ3n) is 4.60. The van der Waals surface area contributed by atoms with Gasteiger partial charge in [0.05, 0.1) is 10.6 Å². The van der Waals surface area contributed by atoms with Crippen molar-refractivity contribution in [3.8, 4) is 0 Å². The van der Waals surface area contributed by atoms with E-state index in [0.29, 0.717) is 27.4 Å². The second kappa shape index (κ2) is 6.74. The normalized spacial score (nSPS) is 28.0. The summed E-state index contributed by atoms with van der Waals surface area (Å²) in [5, 5.41) is 0.963. The molecule has 1 saturated heterocycles. The van der Waals surface area contributed by atoms with Crippen LogP contribution in [0.1, 0.15) is 29.6 Å². The summed E-state index contributed by atoms with van der Waals surface area (Å²) in [6, 6.07) is 5.25. The van der Waals surface area contributed by atoms with Crippen LogP contribution in [0.4, 0.5) is 0 Å². The summed E-state index contributed by atoms with van der Waals surface area (Å²) in [6.45, 7) is 1.56. The van der Waals surface area contributed by atoms with Crippen LogP contribution < -0.4 is 5.73 Å². The van der Waals surface area contributed by atoms with Crippen molar-refractivity contribution in [1.82, 2.24) is 4.90 Å². The van der Waals surface area contributed by atoms with Gasteiger partial charge in [-0.1, -0.05) is 29.6 Å². The summed E-state index contributed by atoms with van der Waals surface area (Å²) in [4.78, 5) is 14.5. The van der Waals surface area contributed by atoms with Crippen LogP contribution in [0, 0.1) is 11.8 Å². The Hall–Kier alpha value is -0.480. The minimum Gasteiger partial charge on any atom is -0.338 e. The third kappa shape index (κ3) is 3.31. The van der Waals surface area contributed by atoms with E-state index in [0.717, 1.165) is 19.5 Å². The summed E-state index contributed by atoms with van der Waals surface area (Å²) < 4.78 is 0. The highest BCUT2D eigenvalue weighted by molar-refractivity contribution is 6.36. The van der Waals surface area contributed by atoms with Crippen molar-refractivity contribution in [3.05, 3.63) is 33.8 Å². The molecule has 3 unspecified atom stereocenters. The molecular weight excluding hydrogens is 331 g/mol. The Balaban J connectivity index is 0.00000161. The fourth-order valence-electron chi connectivity index (χ4n) is 3.52. The molecule has 2 aliphatic rings. The lowest BCUT2D eigenvalue weighted by molar-refractivity contribution is 0.0783. The maximum Gasteiger partial charge on any atom is 0.255 e. The smallest absolute Gasteiger partial charge is 0.255 e. The molecule has 1 aliphatic carbocycles. The van der Waals surface area contributed by atoms with Crippen LogP contribution in [0.3, 0.4) is 0 Å². The molecule has 0 bridgehead atoms. The van der Waals surface area contributed by atoms with Crippen LogP contribution in [0.5, 0.6) is 0 Å². The number of nitrogens with two attached hydrogens (primary N) is 1. The van der Waals surface area contributed by atoms with E-state index in [4.69, 9.17) is 28.9 Å². The molecule has 0 spiro atoms. The first-order valence-corrected chi connectivity index (χ1v) is 7.82. The van der Waals surface area contributed by atoms with Crippen molar-refractivity contribution in [3.63, 3.8) is 0 Å². The lowest BCUT2D eigenvalue weighted by atomic mass is 9.78. The van der Waals surface area contributed by atoms with Crippen LogP contribution >= 0.6 is 35.6 Å². The molecule has 1 aromatic rings.